The zero-order valence-electron chi connectivity index (χ0n) is 18.1. The van der Waals surface area contributed by atoms with Crippen LogP contribution in [0.15, 0.2) is 78.9 Å². The molecule has 0 N–H and O–H groups in total. The van der Waals surface area contributed by atoms with E-state index >= 15 is 0 Å². The summed E-state index contributed by atoms with van der Waals surface area (Å²) in [5, 5.41) is 0. The summed E-state index contributed by atoms with van der Waals surface area (Å²) < 4.78 is 17.1. The van der Waals surface area contributed by atoms with Gasteiger partial charge in [-0.2, -0.15) is 0 Å². The quantitative estimate of drug-likeness (QED) is 0.262. The summed E-state index contributed by atoms with van der Waals surface area (Å²) in [5.74, 6) is 1.53. The van der Waals surface area contributed by atoms with Crippen LogP contribution in [0.1, 0.15) is 42.9 Å². The van der Waals surface area contributed by atoms with E-state index in [-0.39, 0.29) is 5.97 Å². The molecule has 0 bridgehead atoms. The fourth-order valence-corrected chi connectivity index (χ4v) is 3.28. The maximum absolute atomic E-state index is 11.6. The number of hydrogen-bond acceptors (Lipinski definition) is 4. The standard InChI is InChI=1S/C27H30O4/c1-2-29-27(28)16-10-9-15-24-19-25(30-20-22-11-5-3-6-12-22)17-18-26(24)31-21-23-13-7-4-8-14-23/h3-8,11-14,17-19H,2,9-10,15-16,20-21H2,1H3. The molecule has 0 aliphatic carbocycles. The van der Waals surface area contributed by atoms with Crippen molar-refractivity contribution in [2.24, 2.45) is 0 Å². The maximum atomic E-state index is 11.6. The van der Waals surface area contributed by atoms with Crippen LogP contribution in [-0.2, 0) is 29.2 Å². The summed E-state index contributed by atoms with van der Waals surface area (Å²) in [6.07, 6.45) is 2.92. The molecule has 3 aromatic rings. The summed E-state index contributed by atoms with van der Waals surface area (Å²) in [6.45, 7) is 3.29. The Morgan fingerprint density at radius 2 is 1.42 bits per heavy atom. The van der Waals surface area contributed by atoms with Gasteiger partial charge in [0, 0.05) is 6.42 Å². The number of esters is 1. The zero-order chi connectivity index (χ0) is 21.7. The van der Waals surface area contributed by atoms with Gasteiger partial charge in [0.1, 0.15) is 24.7 Å². The van der Waals surface area contributed by atoms with Gasteiger partial charge in [-0.3, -0.25) is 4.79 Å². The lowest BCUT2D eigenvalue weighted by atomic mass is 10.1. The molecule has 0 saturated heterocycles. The Kier molecular flexibility index (Phi) is 8.99. The van der Waals surface area contributed by atoms with E-state index in [4.69, 9.17) is 14.2 Å². The van der Waals surface area contributed by atoms with Crippen LogP contribution in [0.25, 0.3) is 0 Å². The molecule has 3 aromatic carbocycles. The van der Waals surface area contributed by atoms with Crippen LogP contribution in [0.4, 0.5) is 0 Å². The molecular formula is C27H30O4. The maximum Gasteiger partial charge on any atom is 0.305 e. The van der Waals surface area contributed by atoms with E-state index in [1.807, 2.05) is 73.7 Å². The highest BCUT2D eigenvalue weighted by molar-refractivity contribution is 5.69. The highest BCUT2D eigenvalue weighted by atomic mass is 16.5. The minimum absolute atomic E-state index is 0.136. The molecule has 0 amide bonds. The SMILES string of the molecule is CCOC(=O)CCCCc1cc(OCc2ccccc2)ccc1OCc1ccccc1. The van der Waals surface area contributed by atoms with Gasteiger partial charge in [-0.25, -0.2) is 0 Å². The van der Waals surface area contributed by atoms with Crippen molar-refractivity contribution in [2.75, 3.05) is 6.61 Å². The molecule has 0 aliphatic heterocycles. The molecule has 31 heavy (non-hydrogen) atoms. The van der Waals surface area contributed by atoms with Crippen molar-refractivity contribution in [3.8, 4) is 11.5 Å². The Bertz CT molecular complexity index is 922. The lowest BCUT2D eigenvalue weighted by molar-refractivity contribution is -0.143. The van der Waals surface area contributed by atoms with Gasteiger partial charge in [-0.05, 0) is 61.1 Å². The van der Waals surface area contributed by atoms with Crippen molar-refractivity contribution in [3.05, 3.63) is 95.6 Å². The molecule has 0 atom stereocenters. The first-order chi connectivity index (χ1) is 15.2. The van der Waals surface area contributed by atoms with Crippen LogP contribution in [0.5, 0.6) is 11.5 Å². The molecule has 0 radical (unpaired) electrons. The first kappa shape index (κ1) is 22.4. The molecule has 4 heteroatoms. The molecule has 0 fully saturated rings. The van der Waals surface area contributed by atoms with Crippen molar-refractivity contribution in [3.63, 3.8) is 0 Å². The number of unbranched alkanes of at least 4 members (excludes halogenated alkanes) is 1. The predicted molar refractivity (Wildman–Crippen MR) is 122 cm³/mol. The fourth-order valence-electron chi connectivity index (χ4n) is 3.28. The van der Waals surface area contributed by atoms with E-state index in [2.05, 4.69) is 12.1 Å². The molecule has 3 rings (SSSR count). The highest BCUT2D eigenvalue weighted by Crippen LogP contribution is 2.27. The highest BCUT2D eigenvalue weighted by Gasteiger charge is 2.09. The van der Waals surface area contributed by atoms with E-state index in [9.17, 15) is 4.79 Å². The summed E-state index contributed by atoms with van der Waals surface area (Å²) >= 11 is 0. The van der Waals surface area contributed by atoms with Gasteiger partial charge in [0.25, 0.3) is 0 Å². The second-order valence-corrected chi connectivity index (χ2v) is 7.33. The fraction of sp³-hybridized carbons (Fsp3) is 0.296. The topological polar surface area (TPSA) is 44.8 Å². The minimum Gasteiger partial charge on any atom is -0.489 e. The lowest BCUT2D eigenvalue weighted by Gasteiger charge is -2.14. The molecule has 4 nitrogen and oxygen atoms in total. The first-order valence-corrected chi connectivity index (χ1v) is 10.9. The third-order valence-corrected chi connectivity index (χ3v) is 4.90. The third-order valence-electron chi connectivity index (χ3n) is 4.90. The van der Waals surface area contributed by atoms with Gasteiger partial charge in [0.15, 0.2) is 0 Å². The average molecular weight is 419 g/mol. The molecule has 0 aliphatic rings. The van der Waals surface area contributed by atoms with E-state index in [0.717, 1.165) is 47.5 Å². The second-order valence-electron chi connectivity index (χ2n) is 7.33. The van der Waals surface area contributed by atoms with Crippen LogP contribution in [-0.4, -0.2) is 12.6 Å². The van der Waals surface area contributed by atoms with Gasteiger partial charge in [-0.1, -0.05) is 60.7 Å². The predicted octanol–water partition coefficient (Wildman–Crippen LogP) is 6.12. The number of carbonyl (C=O) groups excluding carboxylic acids is 1. The number of benzene rings is 3. The van der Waals surface area contributed by atoms with Crippen LogP contribution in [0, 0.1) is 0 Å². The summed E-state index contributed by atoms with van der Waals surface area (Å²) in [6, 6.07) is 26.2. The number of rotatable bonds is 12. The van der Waals surface area contributed by atoms with Crippen molar-refractivity contribution >= 4 is 5.97 Å². The van der Waals surface area contributed by atoms with Crippen molar-refractivity contribution in [1.82, 2.24) is 0 Å². The third kappa shape index (κ3) is 7.82. The summed E-state index contributed by atoms with van der Waals surface area (Å²) in [5.41, 5.74) is 3.34. The molecule has 162 valence electrons. The van der Waals surface area contributed by atoms with Crippen LogP contribution in [0.2, 0.25) is 0 Å². The van der Waals surface area contributed by atoms with Crippen LogP contribution < -0.4 is 9.47 Å². The average Bonchev–Trinajstić information content (AvgIpc) is 2.81. The Morgan fingerprint density at radius 3 is 2.06 bits per heavy atom. The summed E-state index contributed by atoms with van der Waals surface area (Å²) in [7, 11) is 0. The molecule has 0 saturated carbocycles. The van der Waals surface area contributed by atoms with Crippen LogP contribution in [0.3, 0.4) is 0 Å². The lowest BCUT2D eigenvalue weighted by Crippen LogP contribution is -2.04. The molecule has 0 aromatic heterocycles. The zero-order valence-corrected chi connectivity index (χ0v) is 18.1. The van der Waals surface area contributed by atoms with Gasteiger partial charge in [0.2, 0.25) is 0 Å². The van der Waals surface area contributed by atoms with Gasteiger partial charge < -0.3 is 14.2 Å². The molecule has 0 unspecified atom stereocenters. The Labute approximate surface area is 184 Å². The second kappa shape index (κ2) is 12.4. The molecule has 0 spiro atoms. The molecular weight excluding hydrogens is 388 g/mol. The first-order valence-electron chi connectivity index (χ1n) is 10.9. The largest absolute Gasteiger partial charge is 0.489 e. The van der Waals surface area contributed by atoms with Crippen molar-refractivity contribution in [1.29, 1.82) is 0 Å². The smallest absolute Gasteiger partial charge is 0.305 e. The van der Waals surface area contributed by atoms with Gasteiger partial charge >= 0.3 is 5.97 Å². The number of carbonyl (C=O) groups is 1. The van der Waals surface area contributed by atoms with Crippen LogP contribution >= 0.6 is 0 Å². The van der Waals surface area contributed by atoms with E-state index < -0.39 is 0 Å². The Hall–Kier alpha value is -3.27. The molecule has 0 heterocycles. The monoisotopic (exact) mass is 418 g/mol. The van der Waals surface area contributed by atoms with Gasteiger partial charge in [0.05, 0.1) is 6.61 Å². The van der Waals surface area contributed by atoms with Crippen molar-refractivity contribution < 1.29 is 19.0 Å². The normalized spacial score (nSPS) is 10.5. The number of aryl methyl sites for hydroxylation is 1. The summed E-state index contributed by atoms with van der Waals surface area (Å²) in [4.78, 5) is 11.6. The van der Waals surface area contributed by atoms with Gasteiger partial charge in [-0.15, -0.1) is 0 Å². The number of ether oxygens (including phenoxy) is 3. The Balaban J connectivity index is 1.63. The number of hydrogen-bond donors (Lipinski definition) is 0. The van der Waals surface area contributed by atoms with E-state index in [1.54, 1.807) is 0 Å². The van der Waals surface area contributed by atoms with E-state index in [0.29, 0.717) is 26.2 Å². The van der Waals surface area contributed by atoms with E-state index in [1.165, 1.54) is 0 Å². The Morgan fingerprint density at radius 1 is 0.774 bits per heavy atom. The minimum atomic E-state index is -0.136. The van der Waals surface area contributed by atoms with Crippen molar-refractivity contribution in [2.45, 2.75) is 45.8 Å².